The van der Waals surface area contributed by atoms with Gasteiger partial charge in [-0.2, -0.15) is 0 Å². The summed E-state index contributed by atoms with van der Waals surface area (Å²) in [7, 11) is 0. The van der Waals surface area contributed by atoms with Crippen molar-refractivity contribution in [3.05, 3.63) is 60.3 Å². The van der Waals surface area contributed by atoms with E-state index in [1.165, 1.54) is 6.08 Å². The lowest BCUT2D eigenvalue weighted by molar-refractivity contribution is -0.111. The molecule has 0 spiro atoms. The molecular formula is C25H34N4O3. The molecule has 7 heteroatoms. The van der Waals surface area contributed by atoms with Crippen LogP contribution in [0.25, 0.3) is 6.08 Å². The summed E-state index contributed by atoms with van der Waals surface area (Å²) in [5.41, 5.74) is 1.65. The molecule has 0 bridgehead atoms. The molecule has 3 rings (SSSR count). The summed E-state index contributed by atoms with van der Waals surface area (Å²) in [6, 6.07) is 13.5. The van der Waals surface area contributed by atoms with Crippen LogP contribution >= 0.6 is 0 Å². The molecule has 1 aromatic heterocycles. The van der Waals surface area contributed by atoms with Crippen molar-refractivity contribution >= 4 is 23.5 Å². The molecule has 1 aliphatic heterocycles. The molecule has 1 amide bonds. The van der Waals surface area contributed by atoms with Gasteiger partial charge in [0.25, 0.3) is 0 Å². The van der Waals surface area contributed by atoms with Gasteiger partial charge in [0.15, 0.2) is 0 Å². The van der Waals surface area contributed by atoms with E-state index >= 15 is 0 Å². The number of hydrogen-bond donors (Lipinski definition) is 2. The summed E-state index contributed by atoms with van der Waals surface area (Å²) in [4.78, 5) is 21.2. The van der Waals surface area contributed by atoms with Crippen LogP contribution in [-0.2, 0) is 9.53 Å². The van der Waals surface area contributed by atoms with Crippen LogP contribution < -0.4 is 10.2 Å². The molecule has 1 fully saturated rings. The van der Waals surface area contributed by atoms with Crippen molar-refractivity contribution in [1.29, 1.82) is 0 Å². The number of pyridine rings is 1. The van der Waals surface area contributed by atoms with Crippen molar-refractivity contribution in [2.45, 2.75) is 32.5 Å². The Kier molecular flexibility index (Phi) is 9.22. The Morgan fingerprint density at radius 3 is 2.69 bits per heavy atom. The largest absolute Gasteiger partial charge is 0.389 e. The van der Waals surface area contributed by atoms with Crippen LogP contribution in [0.1, 0.15) is 25.8 Å². The Morgan fingerprint density at radius 1 is 1.16 bits per heavy atom. The fourth-order valence-corrected chi connectivity index (χ4v) is 3.60. The number of aliphatic hydroxyl groups is 1. The van der Waals surface area contributed by atoms with E-state index in [1.807, 2.05) is 56.3 Å². The first kappa shape index (κ1) is 23.9. The van der Waals surface area contributed by atoms with Gasteiger partial charge in [0.2, 0.25) is 5.91 Å². The van der Waals surface area contributed by atoms with Gasteiger partial charge in [-0.1, -0.05) is 30.3 Å². The zero-order chi connectivity index (χ0) is 22.8. The SMILES string of the molecule is CC(C)OC[C@@H](O)CN1CCCN(c2ccc(NC(=O)/C=C/c3ccccc3)cn2)CC1. The molecule has 2 aromatic rings. The van der Waals surface area contributed by atoms with Crippen LogP contribution in [0.5, 0.6) is 0 Å². The van der Waals surface area contributed by atoms with E-state index in [4.69, 9.17) is 4.74 Å². The quantitative estimate of drug-likeness (QED) is 0.586. The van der Waals surface area contributed by atoms with Crippen molar-refractivity contribution in [3.63, 3.8) is 0 Å². The number of carbonyl (C=O) groups excluding carboxylic acids is 1. The van der Waals surface area contributed by atoms with Crippen LogP contribution in [0, 0.1) is 0 Å². The maximum Gasteiger partial charge on any atom is 0.248 e. The lowest BCUT2D eigenvalue weighted by Crippen LogP contribution is -2.38. The predicted molar refractivity (Wildman–Crippen MR) is 129 cm³/mol. The summed E-state index contributed by atoms with van der Waals surface area (Å²) in [5, 5.41) is 13.0. The highest BCUT2D eigenvalue weighted by molar-refractivity contribution is 6.01. The molecule has 1 saturated heterocycles. The number of β-amino-alcohol motifs (C(OH)–C–C–N with tert-alkyl or cyclic N) is 1. The van der Waals surface area contributed by atoms with Crippen molar-refractivity contribution in [1.82, 2.24) is 9.88 Å². The lowest BCUT2D eigenvalue weighted by atomic mass is 10.2. The minimum absolute atomic E-state index is 0.128. The minimum atomic E-state index is -0.471. The van der Waals surface area contributed by atoms with Gasteiger partial charge in [0.1, 0.15) is 5.82 Å². The van der Waals surface area contributed by atoms with Gasteiger partial charge in [-0.25, -0.2) is 4.98 Å². The second-order valence-electron chi connectivity index (χ2n) is 8.32. The Morgan fingerprint density at radius 2 is 1.97 bits per heavy atom. The van der Waals surface area contributed by atoms with Crippen LogP contribution in [-0.4, -0.2) is 72.4 Å². The maximum atomic E-state index is 12.2. The highest BCUT2D eigenvalue weighted by Crippen LogP contribution is 2.17. The van der Waals surface area contributed by atoms with Crippen LogP contribution in [0.2, 0.25) is 0 Å². The van der Waals surface area contributed by atoms with E-state index in [-0.39, 0.29) is 12.0 Å². The Bertz CT molecular complexity index is 855. The predicted octanol–water partition coefficient (Wildman–Crippen LogP) is 3.03. The minimum Gasteiger partial charge on any atom is -0.389 e. The summed E-state index contributed by atoms with van der Waals surface area (Å²) in [6.07, 6.45) is 5.66. The Labute approximate surface area is 190 Å². The summed E-state index contributed by atoms with van der Waals surface area (Å²) >= 11 is 0. The van der Waals surface area contributed by atoms with E-state index in [0.717, 1.165) is 44.0 Å². The maximum absolute atomic E-state index is 12.2. The third-order valence-electron chi connectivity index (χ3n) is 5.25. The van der Waals surface area contributed by atoms with Crippen LogP contribution in [0.4, 0.5) is 11.5 Å². The summed E-state index contributed by atoms with van der Waals surface area (Å²) in [5.74, 6) is 0.710. The van der Waals surface area contributed by atoms with Gasteiger partial charge < -0.3 is 20.1 Å². The molecule has 7 nitrogen and oxygen atoms in total. The number of amides is 1. The smallest absolute Gasteiger partial charge is 0.248 e. The highest BCUT2D eigenvalue weighted by Gasteiger charge is 2.18. The number of aliphatic hydroxyl groups excluding tert-OH is 1. The molecule has 1 aromatic carbocycles. The topological polar surface area (TPSA) is 77.9 Å². The van der Waals surface area contributed by atoms with Gasteiger partial charge in [0, 0.05) is 32.3 Å². The molecule has 172 valence electrons. The van der Waals surface area contributed by atoms with Gasteiger partial charge in [-0.3, -0.25) is 9.69 Å². The van der Waals surface area contributed by atoms with Crippen LogP contribution in [0.3, 0.4) is 0 Å². The molecule has 1 aliphatic rings. The fraction of sp³-hybridized carbons (Fsp3) is 0.440. The number of benzene rings is 1. The summed E-state index contributed by atoms with van der Waals surface area (Å²) < 4.78 is 5.51. The van der Waals surface area contributed by atoms with Crippen molar-refractivity contribution < 1.29 is 14.6 Å². The fourth-order valence-electron chi connectivity index (χ4n) is 3.60. The van der Waals surface area contributed by atoms with E-state index in [9.17, 15) is 9.90 Å². The number of anilines is 2. The Hall–Kier alpha value is -2.74. The second kappa shape index (κ2) is 12.3. The standard InChI is InChI=1S/C25H34N4O3/c1-20(2)32-19-23(30)18-28-13-6-14-29(16-15-28)24-11-10-22(17-26-24)27-25(31)12-9-21-7-4-3-5-8-21/h3-5,7-12,17,20,23,30H,6,13-16,18-19H2,1-2H3,(H,27,31)/b12-9+/t23-/m0/s1. The number of hydrogen-bond acceptors (Lipinski definition) is 6. The first-order valence-electron chi connectivity index (χ1n) is 11.3. The monoisotopic (exact) mass is 438 g/mol. The average molecular weight is 439 g/mol. The number of nitrogens with zero attached hydrogens (tertiary/aromatic N) is 3. The number of aromatic nitrogens is 1. The third kappa shape index (κ3) is 8.07. The van der Waals surface area contributed by atoms with Gasteiger partial charge in [0.05, 0.1) is 30.7 Å². The van der Waals surface area contributed by atoms with Gasteiger partial charge in [-0.05, 0) is 50.6 Å². The van der Waals surface area contributed by atoms with E-state index < -0.39 is 6.10 Å². The van der Waals surface area contributed by atoms with Gasteiger partial charge in [-0.15, -0.1) is 0 Å². The second-order valence-corrected chi connectivity index (χ2v) is 8.32. The molecule has 2 heterocycles. The molecule has 32 heavy (non-hydrogen) atoms. The van der Waals surface area contributed by atoms with Gasteiger partial charge >= 0.3 is 0 Å². The normalized spacial score (nSPS) is 16.3. The number of nitrogens with one attached hydrogen (secondary N) is 1. The Balaban J connectivity index is 1.47. The zero-order valence-corrected chi connectivity index (χ0v) is 19.0. The summed E-state index contributed by atoms with van der Waals surface area (Å²) in [6.45, 7) is 8.50. The molecule has 2 N–H and O–H groups in total. The lowest BCUT2D eigenvalue weighted by Gasteiger charge is -2.24. The first-order chi connectivity index (χ1) is 15.5. The molecule has 1 atom stereocenters. The van der Waals surface area contributed by atoms with Crippen molar-refractivity contribution in [2.75, 3.05) is 49.5 Å². The molecule has 0 unspecified atom stereocenters. The molecular weight excluding hydrogens is 404 g/mol. The zero-order valence-electron chi connectivity index (χ0n) is 19.0. The average Bonchev–Trinajstić information content (AvgIpc) is 3.03. The first-order valence-corrected chi connectivity index (χ1v) is 11.3. The van der Waals surface area contributed by atoms with E-state index in [0.29, 0.717) is 18.8 Å². The highest BCUT2D eigenvalue weighted by atomic mass is 16.5. The number of rotatable bonds is 9. The van der Waals surface area contributed by atoms with E-state index in [2.05, 4.69) is 20.1 Å². The van der Waals surface area contributed by atoms with Crippen molar-refractivity contribution in [2.24, 2.45) is 0 Å². The van der Waals surface area contributed by atoms with E-state index in [1.54, 1.807) is 12.3 Å². The molecule has 0 aliphatic carbocycles. The molecule has 0 radical (unpaired) electrons. The van der Waals surface area contributed by atoms with Crippen LogP contribution in [0.15, 0.2) is 54.7 Å². The third-order valence-corrected chi connectivity index (χ3v) is 5.25. The molecule has 0 saturated carbocycles. The number of ether oxygens (including phenoxy) is 1. The van der Waals surface area contributed by atoms with Crippen molar-refractivity contribution in [3.8, 4) is 0 Å². The number of carbonyl (C=O) groups is 1.